The summed E-state index contributed by atoms with van der Waals surface area (Å²) in [6.45, 7) is 0.337. The van der Waals surface area contributed by atoms with Crippen LogP contribution in [-0.2, 0) is 6.61 Å². The topological polar surface area (TPSA) is 77.0 Å². The third kappa shape index (κ3) is 4.07. The van der Waals surface area contributed by atoms with Crippen LogP contribution in [0.1, 0.15) is 16.1 Å². The highest BCUT2D eigenvalue weighted by molar-refractivity contribution is 6.31. The average molecular weight is 391 g/mol. The van der Waals surface area contributed by atoms with Gasteiger partial charge >= 0.3 is 0 Å². The van der Waals surface area contributed by atoms with Crippen LogP contribution in [0.3, 0.4) is 0 Å². The zero-order valence-corrected chi connectivity index (χ0v) is 15.4. The predicted octanol–water partition coefficient (Wildman–Crippen LogP) is 4.51. The van der Waals surface area contributed by atoms with Crippen LogP contribution < -0.4 is 10.1 Å². The number of pyridine rings is 3. The van der Waals surface area contributed by atoms with E-state index in [1.807, 2.05) is 24.3 Å². The largest absolute Gasteiger partial charge is 0.485 e. The maximum atomic E-state index is 12.7. The fourth-order valence-corrected chi connectivity index (χ4v) is 2.80. The molecule has 0 saturated heterocycles. The number of anilines is 1. The second kappa shape index (κ2) is 8.02. The summed E-state index contributed by atoms with van der Waals surface area (Å²) in [5, 5.41) is 4.23. The average Bonchev–Trinajstić information content (AvgIpc) is 2.73. The Balaban J connectivity index is 1.53. The van der Waals surface area contributed by atoms with Gasteiger partial charge < -0.3 is 10.1 Å². The summed E-state index contributed by atoms with van der Waals surface area (Å²) in [5.74, 6) is 0.417. The lowest BCUT2D eigenvalue weighted by Gasteiger charge is -2.11. The van der Waals surface area contributed by atoms with Crippen molar-refractivity contribution in [1.82, 2.24) is 15.0 Å². The Morgan fingerprint density at radius 3 is 2.71 bits per heavy atom. The highest BCUT2D eigenvalue weighted by atomic mass is 35.5. The molecule has 0 radical (unpaired) electrons. The molecular weight excluding hydrogens is 376 g/mol. The summed E-state index contributed by atoms with van der Waals surface area (Å²) in [7, 11) is 0. The smallest absolute Gasteiger partial charge is 0.275 e. The number of benzene rings is 1. The number of carbonyl (C=O) groups is 1. The van der Waals surface area contributed by atoms with Gasteiger partial charge in [-0.3, -0.25) is 9.78 Å². The van der Waals surface area contributed by atoms with E-state index >= 15 is 0 Å². The molecule has 0 atom stereocenters. The zero-order valence-electron chi connectivity index (χ0n) is 14.7. The number of halogens is 1. The van der Waals surface area contributed by atoms with Crippen molar-refractivity contribution >= 4 is 34.2 Å². The molecular formula is C21H15ClN4O2. The number of hydrogen-bond acceptors (Lipinski definition) is 5. The minimum atomic E-state index is -0.380. The van der Waals surface area contributed by atoms with E-state index in [4.69, 9.17) is 16.3 Å². The first kappa shape index (κ1) is 17.9. The number of nitrogens with zero attached hydrogens (tertiary/aromatic N) is 3. The molecule has 0 aliphatic rings. The van der Waals surface area contributed by atoms with E-state index in [0.717, 1.165) is 10.9 Å². The van der Waals surface area contributed by atoms with Gasteiger partial charge in [0.2, 0.25) is 0 Å². The highest BCUT2D eigenvalue weighted by Gasteiger charge is 2.13. The molecule has 4 aromatic rings. The summed E-state index contributed by atoms with van der Waals surface area (Å²) in [6, 6.07) is 16.1. The molecule has 138 valence electrons. The van der Waals surface area contributed by atoms with Crippen molar-refractivity contribution in [2.45, 2.75) is 6.61 Å². The number of amides is 1. The SMILES string of the molecule is O=C(Nc1ncccc1OCc1ccncc1)c1ccc2ccc(Cl)cc2n1. The monoisotopic (exact) mass is 390 g/mol. The van der Waals surface area contributed by atoms with Gasteiger partial charge in [0.05, 0.1) is 5.52 Å². The number of aromatic nitrogens is 3. The van der Waals surface area contributed by atoms with E-state index in [0.29, 0.717) is 28.7 Å². The standard InChI is InChI=1S/C21H15ClN4O2/c22-16-5-3-15-4-6-17(25-18(15)12-16)21(27)26-20-19(2-1-9-24-20)28-13-14-7-10-23-11-8-14/h1-12H,13H2,(H,24,26,27). The van der Waals surface area contributed by atoms with E-state index in [-0.39, 0.29) is 11.6 Å². The third-order valence-electron chi connectivity index (χ3n) is 4.03. The van der Waals surface area contributed by atoms with Gasteiger partial charge in [-0.05, 0) is 48.0 Å². The van der Waals surface area contributed by atoms with Crippen LogP contribution in [0.2, 0.25) is 5.02 Å². The molecule has 0 aliphatic heterocycles. The Bertz CT molecular complexity index is 1140. The van der Waals surface area contributed by atoms with Gasteiger partial charge in [0, 0.05) is 29.0 Å². The molecule has 1 amide bonds. The number of fused-ring (bicyclic) bond motifs is 1. The minimum Gasteiger partial charge on any atom is -0.485 e. The molecule has 0 saturated carbocycles. The molecule has 4 rings (SSSR count). The number of hydrogen-bond donors (Lipinski definition) is 1. The van der Waals surface area contributed by atoms with Crippen LogP contribution in [0, 0.1) is 0 Å². The van der Waals surface area contributed by atoms with Crippen LogP contribution in [-0.4, -0.2) is 20.9 Å². The summed E-state index contributed by atoms with van der Waals surface area (Å²) >= 11 is 6.02. The zero-order chi connectivity index (χ0) is 19.3. The van der Waals surface area contributed by atoms with Crippen LogP contribution in [0.5, 0.6) is 5.75 Å². The Labute approximate surface area is 166 Å². The molecule has 6 nitrogen and oxygen atoms in total. The lowest BCUT2D eigenvalue weighted by atomic mass is 10.2. The normalized spacial score (nSPS) is 10.6. The molecule has 0 bridgehead atoms. The third-order valence-corrected chi connectivity index (χ3v) is 4.27. The van der Waals surface area contributed by atoms with Crippen molar-refractivity contribution in [1.29, 1.82) is 0 Å². The van der Waals surface area contributed by atoms with Crippen molar-refractivity contribution in [3.05, 3.63) is 89.5 Å². The fourth-order valence-electron chi connectivity index (χ4n) is 2.63. The Morgan fingerprint density at radius 1 is 1.04 bits per heavy atom. The maximum Gasteiger partial charge on any atom is 0.275 e. The van der Waals surface area contributed by atoms with Crippen LogP contribution in [0.4, 0.5) is 5.82 Å². The van der Waals surface area contributed by atoms with E-state index in [2.05, 4.69) is 20.3 Å². The fraction of sp³-hybridized carbons (Fsp3) is 0.0476. The first-order valence-corrected chi connectivity index (χ1v) is 8.91. The van der Waals surface area contributed by atoms with Crippen molar-refractivity contribution in [3.63, 3.8) is 0 Å². The first-order chi connectivity index (χ1) is 13.7. The number of carbonyl (C=O) groups excluding carboxylic acids is 1. The Kier molecular flexibility index (Phi) is 5.12. The van der Waals surface area contributed by atoms with Gasteiger partial charge in [0.1, 0.15) is 12.3 Å². The van der Waals surface area contributed by atoms with E-state index in [1.165, 1.54) is 0 Å². The van der Waals surface area contributed by atoms with Crippen molar-refractivity contribution in [2.24, 2.45) is 0 Å². The molecule has 3 aromatic heterocycles. The van der Waals surface area contributed by atoms with Crippen LogP contribution in [0.15, 0.2) is 73.2 Å². The summed E-state index contributed by atoms with van der Waals surface area (Å²) < 4.78 is 5.80. The van der Waals surface area contributed by atoms with Crippen LogP contribution >= 0.6 is 11.6 Å². The van der Waals surface area contributed by atoms with Gasteiger partial charge in [-0.1, -0.05) is 23.7 Å². The number of nitrogens with one attached hydrogen (secondary N) is 1. The van der Waals surface area contributed by atoms with Crippen molar-refractivity contribution < 1.29 is 9.53 Å². The molecule has 3 heterocycles. The molecule has 28 heavy (non-hydrogen) atoms. The molecule has 0 aliphatic carbocycles. The van der Waals surface area contributed by atoms with Gasteiger partial charge in [-0.25, -0.2) is 9.97 Å². The quantitative estimate of drug-likeness (QED) is 0.542. The van der Waals surface area contributed by atoms with Crippen molar-refractivity contribution in [2.75, 3.05) is 5.32 Å². The van der Waals surface area contributed by atoms with E-state index in [9.17, 15) is 4.79 Å². The second-order valence-corrected chi connectivity index (χ2v) is 6.42. The lowest BCUT2D eigenvalue weighted by molar-refractivity contribution is 0.102. The maximum absolute atomic E-state index is 12.7. The number of rotatable bonds is 5. The Morgan fingerprint density at radius 2 is 1.86 bits per heavy atom. The first-order valence-electron chi connectivity index (χ1n) is 8.53. The molecule has 0 unspecified atom stereocenters. The lowest BCUT2D eigenvalue weighted by Crippen LogP contribution is -2.15. The van der Waals surface area contributed by atoms with E-state index < -0.39 is 0 Å². The van der Waals surface area contributed by atoms with Crippen LogP contribution in [0.25, 0.3) is 10.9 Å². The van der Waals surface area contributed by atoms with Gasteiger partial charge in [0.15, 0.2) is 11.6 Å². The minimum absolute atomic E-state index is 0.264. The Hall–Kier alpha value is -3.51. The van der Waals surface area contributed by atoms with Gasteiger partial charge in [-0.2, -0.15) is 0 Å². The highest BCUT2D eigenvalue weighted by Crippen LogP contribution is 2.23. The molecule has 7 heteroatoms. The molecule has 1 aromatic carbocycles. The van der Waals surface area contributed by atoms with Gasteiger partial charge in [0.25, 0.3) is 5.91 Å². The number of ether oxygens (including phenoxy) is 1. The summed E-state index contributed by atoms with van der Waals surface area (Å²) in [6.07, 6.45) is 4.98. The summed E-state index contributed by atoms with van der Waals surface area (Å²) in [5.41, 5.74) is 1.88. The van der Waals surface area contributed by atoms with Crippen molar-refractivity contribution in [3.8, 4) is 5.75 Å². The predicted molar refractivity (Wildman–Crippen MR) is 108 cm³/mol. The summed E-state index contributed by atoms with van der Waals surface area (Å²) in [4.78, 5) is 25.2. The second-order valence-electron chi connectivity index (χ2n) is 5.98. The molecule has 0 fully saturated rings. The molecule has 0 spiro atoms. The van der Waals surface area contributed by atoms with Gasteiger partial charge in [-0.15, -0.1) is 0 Å². The van der Waals surface area contributed by atoms with E-state index in [1.54, 1.807) is 48.9 Å². The molecule has 1 N–H and O–H groups in total.